The maximum absolute atomic E-state index is 11.1. The highest BCUT2D eigenvalue weighted by molar-refractivity contribution is 5.70. The van der Waals surface area contributed by atoms with Crippen molar-refractivity contribution in [2.45, 2.75) is 26.0 Å². The minimum absolute atomic E-state index is 0.197. The van der Waals surface area contributed by atoms with Crippen molar-refractivity contribution in [3.8, 4) is 0 Å². The van der Waals surface area contributed by atoms with Crippen molar-refractivity contribution in [3.05, 3.63) is 35.9 Å². The number of rotatable bonds is 7. The van der Waals surface area contributed by atoms with Crippen LogP contribution in [0.5, 0.6) is 0 Å². The standard InChI is InChI=1S/C13H19NO3/c1-2-17-13(15)8-12(14)10-16-9-11-6-4-3-5-7-11/h3-7,12H,2,8-10,14H2,1H3/t12-/m0/s1. The summed E-state index contributed by atoms with van der Waals surface area (Å²) in [5.41, 5.74) is 6.84. The fraction of sp³-hybridized carbons (Fsp3) is 0.462. The first kappa shape index (κ1) is 13.7. The van der Waals surface area contributed by atoms with Crippen LogP contribution in [0.25, 0.3) is 0 Å². The monoisotopic (exact) mass is 237 g/mol. The summed E-state index contributed by atoms with van der Waals surface area (Å²) < 4.78 is 10.2. The molecule has 0 aromatic heterocycles. The number of hydrogen-bond donors (Lipinski definition) is 1. The lowest BCUT2D eigenvalue weighted by atomic mass is 10.2. The Bertz CT molecular complexity index is 327. The van der Waals surface area contributed by atoms with Gasteiger partial charge in [-0.05, 0) is 12.5 Å². The number of carbonyl (C=O) groups excluding carboxylic acids is 1. The SMILES string of the molecule is CCOC(=O)C[C@H](N)COCc1ccccc1. The maximum Gasteiger partial charge on any atom is 0.307 e. The van der Waals surface area contributed by atoms with Gasteiger partial charge in [0, 0.05) is 6.04 Å². The van der Waals surface area contributed by atoms with E-state index in [1.807, 2.05) is 30.3 Å². The summed E-state index contributed by atoms with van der Waals surface area (Å²) in [6.45, 7) is 3.02. The molecule has 4 nitrogen and oxygen atoms in total. The summed E-state index contributed by atoms with van der Waals surface area (Å²) >= 11 is 0. The zero-order valence-electron chi connectivity index (χ0n) is 10.1. The Morgan fingerprint density at radius 3 is 2.71 bits per heavy atom. The third kappa shape index (κ3) is 6.04. The molecule has 0 saturated carbocycles. The largest absolute Gasteiger partial charge is 0.466 e. The predicted molar refractivity (Wildman–Crippen MR) is 65.3 cm³/mol. The Balaban J connectivity index is 2.16. The lowest BCUT2D eigenvalue weighted by Gasteiger charge is -2.11. The molecule has 1 rings (SSSR count). The lowest BCUT2D eigenvalue weighted by molar-refractivity contribution is -0.143. The van der Waals surface area contributed by atoms with Gasteiger partial charge in [0.2, 0.25) is 0 Å². The van der Waals surface area contributed by atoms with Crippen LogP contribution >= 0.6 is 0 Å². The molecule has 1 aromatic rings. The van der Waals surface area contributed by atoms with Crippen molar-refractivity contribution in [2.75, 3.05) is 13.2 Å². The minimum Gasteiger partial charge on any atom is -0.466 e. The molecule has 0 heterocycles. The fourth-order valence-corrected chi connectivity index (χ4v) is 1.40. The normalized spacial score (nSPS) is 12.1. The minimum atomic E-state index is -0.308. The zero-order valence-corrected chi connectivity index (χ0v) is 10.1. The lowest BCUT2D eigenvalue weighted by Crippen LogP contribution is -2.29. The molecule has 0 aliphatic carbocycles. The van der Waals surface area contributed by atoms with Gasteiger partial charge in [-0.15, -0.1) is 0 Å². The van der Waals surface area contributed by atoms with Gasteiger partial charge in [-0.3, -0.25) is 4.79 Å². The Morgan fingerprint density at radius 1 is 1.35 bits per heavy atom. The first-order valence-corrected chi connectivity index (χ1v) is 5.75. The van der Waals surface area contributed by atoms with Gasteiger partial charge in [0.05, 0.1) is 26.2 Å². The van der Waals surface area contributed by atoms with Crippen LogP contribution in [0.2, 0.25) is 0 Å². The molecule has 0 radical (unpaired) electrons. The topological polar surface area (TPSA) is 61.5 Å². The second-order valence-electron chi connectivity index (χ2n) is 3.77. The van der Waals surface area contributed by atoms with Crippen LogP contribution < -0.4 is 5.73 Å². The predicted octanol–water partition coefficient (Wildman–Crippen LogP) is 1.48. The van der Waals surface area contributed by atoms with E-state index in [1.54, 1.807) is 6.92 Å². The van der Waals surface area contributed by atoms with E-state index in [0.717, 1.165) is 5.56 Å². The van der Waals surface area contributed by atoms with Crippen molar-refractivity contribution >= 4 is 5.97 Å². The Morgan fingerprint density at radius 2 is 2.06 bits per heavy atom. The van der Waals surface area contributed by atoms with E-state index in [0.29, 0.717) is 19.8 Å². The van der Waals surface area contributed by atoms with Crippen LogP contribution in [-0.2, 0) is 20.9 Å². The molecule has 0 spiro atoms. The van der Waals surface area contributed by atoms with E-state index in [1.165, 1.54) is 0 Å². The van der Waals surface area contributed by atoms with Gasteiger partial charge in [-0.1, -0.05) is 30.3 Å². The number of esters is 1. The number of carbonyl (C=O) groups is 1. The highest BCUT2D eigenvalue weighted by Crippen LogP contribution is 2.01. The molecule has 2 N–H and O–H groups in total. The van der Waals surface area contributed by atoms with Crippen molar-refractivity contribution in [2.24, 2.45) is 5.73 Å². The van der Waals surface area contributed by atoms with Crippen molar-refractivity contribution in [3.63, 3.8) is 0 Å². The van der Waals surface area contributed by atoms with E-state index in [-0.39, 0.29) is 18.4 Å². The van der Waals surface area contributed by atoms with Crippen LogP contribution in [-0.4, -0.2) is 25.2 Å². The van der Waals surface area contributed by atoms with E-state index < -0.39 is 0 Å². The molecule has 0 saturated heterocycles. The van der Waals surface area contributed by atoms with Crippen LogP contribution in [0, 0.1) is 0 Å². The summed E-state index contributed by atoms with van der Waals surface area (Å²) in [7, 11) is 0. The summed E-state index contributed by atoms with van der Waals surface area (Å²) in [6, 6.07) is 9.52. The number of ether oxygens (including phenoxy) is 2. The number of benzene rings is 1. The summed E-state index contributed by atoms with van der Waals surface area (Å²) in [6.07, 6.45) is 0.197. The Hall–Kier alpha value is -1.39. The third-order valence-corrected chi connectivity index (χ3v) is 2.18. The quantitative estimate of drug-likeness (QED) is 0.730. The van der Waals surface area contributed by atoms with Gasteiger partial charge in [0.15, 0.2) is 0 Å². The molecule has 0 bridgehead atoms. The first-order chi connectivity index (χ1) is 8.22. The van der Waals surface area contributed by atoms with Gasteiger partial charge >= 0.3 is 5.97 Å². The van der Waals surface area contributed by atoms with Crippen LogP contribution in [0.15, 0.2) is 30.3 Å². The van der Waals surface area contributed by atoms with Gasteiger partial charge in [0.1, 0.15) is 0 Å². The van der Waals surface area contributed by atoms with Crippen molar-refractivity contribution < 1.29 is 14.3 Å². The molecule has 0 aliphatic rings. The molecular formula is C13H19NO3. The van der Waals surface area contributed by atoms with Gasteiger partial charge in [0.25, 0.3) is 0 Å². The van der Waals surface area contributed by atoms with Gasteiger partial charge in [-0.2, -0.15) is 0 Å². The summed E-state index contributed by atoms with van der Waals surface area (Å²) in [5.74, 6) is -0.275. The van der Waals surface area contributed by atoms with Crippen LogP contribution in [0.1, 0.15) is 18.9 Å². The van der Waals surface area contributed by atoms with Crippen LogP contribution in [0.3, 0.4) is 0 Å². The Labute approximate surface area is 102 Å². The van der Waals surface area contributed by atoms with E-state index in [2.05, 4.69) is 0 Å². The highest BCUT2D eigenvalue weighted by atomic mass is 16.5. The average molecular weight is 237 g/mol. The number of nitrogens with two attached hydrogens (primary N) is 1. The van der Waals surface area contributed by atoms with Crippen LogP contribution in [0.4, 0.5) is 0 Å². The molecule has 0 aliphatic heterocycles. The summed E-state index contributed by atoms with van der Waals surface area (Å²) in [5, 5.41) is 0. The molecule has 1 atom stereocenters. The highest BCUT2D eigenvalue weighted by Gasteiger charge is 2.10. The molecule has 17 heavy (non-hydrogen) atoms. The fourth-order valence-electron chi connectivity index (χ4n) is 1.40. The molecule has 94 valence electrons. The smallest absolute Gasteiger partial charge is 0.307 e. The third-order valence-electron chi connectivity index (χ3n) is 2.18. The molecule has 0 unspecified atom stereocenters. The molecule has 0 fully saturated rings. The average Bonchev–Trinajstić information content (AvgIpc) is 2.30. The number of hydrogen-bond acceptors (Lipinski definition) is 4. The van der Waals surface area contributed by atoms with Crippen molar-refractivity contribution in [1.29, 1.82) is 0 Å². The second kappa shape index (κ2) is 7.81. The molecular weight excluding hydrogens is 218 g/mol. The summed E-state index contributed by atoms with van der Waals surface area (Å²) in [4.78, 5) is 11.1. The second-order valence-corrected chi connectivity index (χ2v) is 3.77. The molecule has 0 amide bonds. The molecule has 4 heteroatoms. The van der Waals surface area contributed by atoms with E-state index >= 15 is 0 Å². The first-order valence-electron chi connectivity index (χ1n) is 5.75. The zero-order chi connectivity index (χ0) is 12.5. The Kier molecular flexibility index (Phi) is 6.29. The van der Waals surface area contributed by atoms with E-state index in [9.17, 15) is 4.79 Å². The van der Waals surface area contributed by atoms with E-state index in [4.69, 9.17) is 15.2 Å². The van der Waals surface area contributed by atoms with Crippen molar-refractivity contribution in [1.82, 2.24) is 0 Å². The maximum atomic E-state index is 11.1. The molecule has 1 aromatic carbocycles. The van der Waals surface area contributed by atoms with Gasteiger partial charge in [-0.25, -0.2) is 0 Å². The van der Waals surface area contributed by atoms with Gasteiger partial charge < -0.3 is 15.2 Å².